The Kier molecular flexibility index (Phi) is 2.31. The fourth-order valence-corrected chi connectivity index (χ4v) is 1.91. The van der Waals surface area contributed by atoms with E-state index in [1.54, 1.807) is 0 Å². The van der Waals surface area contributed by atoms with Crippen molar-refractivity contribution in [2.24, 2.45) is 0 Å². The van der Waals surface area contributed by atoms with Crippen LogP contribution in [0.3, 0.4) is 0 Å². The number of hydrogen-bond donors (Lipinski definition) is 3. The van der Waals surface area contributed by atoms with Gasteiger partial charge in [-0.25, -0.2) is 5.48 Å². The average molecular weight is 194 g/mol. The summed E-state index contributed by atoms with van der Waals surface area (Å²) in [5, 5.41) is 18.5. The molecule has 1 aromatic carbocycles. The lowest BCUT2D eigenvalue weighted by molar-refractivity contribution is 0.160. The van der Waals surface area contributed by atoms with Crippen LogP contribution in [0, 0.1) is 0 Å². The van der Waals surface area contributed by atoms with E-state index >= 15 is 0 Å². The highest BCUT2D eigenvalue weighted by atomic mass is 16.5. The van der Waals surface area contributed by atoms with Crippen LogP contribution in [0.4, 0.5) is 5.69 Å². The van der Waals surface area contributed by atoms with Gasteiger partial charge in [0.15, 0.2) is 0 Å². The summed E-state index contributed by atoms with van der Waals surface area (Å²) in [5.74, 6) is 0.313. The van der Waals surface area contributed by atoms with E-state index < -0.39 is 0 Å². The van der Waals surface area contributed by atoms with Crippen molar-refractivity contribution < 1.29 is 10.3 Å². The van der Waals surface area contributed by atoms with Crippen molar-refractivity contribution in [3.8, 4) is 5.75 Å². The summed E-state index contributed by atoms with van der Waals surface area (Å²) in [4.78, 5) is 2.12. The summed E-state index contributed by atoms with van der Waals surface area (Å²) >= 11 is 0. The molecule has 76 valence electrons. The number of phenolic OH excluding ortho intramolecular Hbond substituents is 1. The maximum Gasteiger partial charge on any atom is 0.125 e. The maximum absolute atomic E-state index is 9.88. The van der Waals surface area contributed by atoms with E-state index in [-0.39, 0.29) is 6.54 Å². The lowest BCUT2D eigenvalue weighted by Crippen LogP contribution is -2.12. The number of benzene rings is 1. The molecule has 0 atom stereocenters. The Balaban J connectivity index is 2.42. The van der Waals surface area contributed by atoms with Gasteiger partial charge in [-0.15, -0.1) is 0 Å². The van der Waals surface area contributed by atoms with Gasteiger partial charge < -0.3 is 15.2 Å². The van der Waals surface area contributed by atoms with E-state index in [1.165, 1.54) is 0 Å². The third-order valence-corrected chi connectivity index (χ3v) is 2.72. The van der Waals surface area contributed by atoms with Crippen LogP contribution in [0.15, 0.2) is 12.1 Å². The van der Waals surface area contributed by atoms with Gasteiger partial charge in [-0.05, 0) is 12.5 Å². The second kappa shape index (κ2) is 3.48. The van der Waals surface area contributed by atoms with E-state index in [0.29, 0.717) is 5.75 Å². The van der Waals surface area contributed by atoms with E-state index in [9.17, 15) is 5.11 Å². The normalized spacial score (nSPS) is 14.6. The van der Waals surface area contributed by atoms with Crippen LogP contribution in [0.25, 0.3) is 0 Å². The standard InChI is InChI=1S/C10H14N2O2/c1-12-5-4-8-9(12)3-2-7(6-11-14)10(8)13/h2-3,11,13-14H,4-6H2,1H3. The first kappa shape index (κ1) is 9.30. The number of fused-ring (bicyclic) bond motifs is 1. The lowest BCUT2D eigenvalue weighted by atomic mass is 10.1. The molecule has 0 aliphatic carbocycles. The number of hydrogen-bond acceptors (Lipinski definition) is 4. The third kappa shape index (κ3) is 1.32. The highest BCUT2D eigenvalue weighted by Crippen LogP contribution is 2.35. The Bertz CT molecular complexity index is 352. The van der Waals surface area contributed by atoms with Gasteiger partial charge in [0.1, 0.15) is 5.75 Å². The van der Waals surface area contributed by atoms with Gasteiger partial charge in [-0.3, -0.25) is 0 Å². The van der Waals surface area contributed by atoms with Crippen molar-refractivity contribution in [2.45, 2.75) is 13.0 Å². The van der Waals surface area contributed by atoms with Crippen LogP contribution in [-0.4, -0.2) is 23.9 Å². The van der Waals surface area contributed by atoms with Crippen molar-refractivity contribution in [2.75, 3.05) is 18.5 Å². The summed E-state index contributed by atoms with van der Waals surface area (Å²) in [6.07, 6.45) is 0.872. The van der Waals surface area contributed by atoms with Crippen LogP contribution in [-0.2, 0) is 13.0 Å². The zero-order chi connectivity index (χ0) is 10.1. The van der Waals surface area contributed by atoms with E-state index in [0.717, 1.165) is 29.8 Å². The molecular formula is C10H14N2O2. The Hall–Kier alpha value is -1.26. The highest BCUT2D eigenvalue weighted by molar-refractivity contribution is 5.64. The number of nitrogens with zero attached hydrogens (tertiary/aromatic N) is 1. The van der Waals surface area contributed by atoms with Crippen LogP contribution in [0.5, 0.6) is 5.75 Å². The van der Waals surface area contributed by atoms with Gasteiger partial charge in [0, 0.05) is 37.0 Å². The molecule has 0 amide bonds. The first-order valence-corrected chi connectivity index (χ1v) is 4.66. The number of nitrogens with one attached hydrogen (secondary N) is 1. The number of aromatic hydroxyl groups is 1. The summed E-state index contributed by atoms with van der Waals surface area (Å²) in [7, 11) is 2.01. The highest BCUT2D eigenvalue weighted by Gasteiger charge is 2.20. The van der Waals surface area contributed by atoms with Crippen molar-refractivity contribution >= 4 is 5.69 Å². The largest absolute Gasteiger partial charge is 0.507 e. The molecule has 4 nitrogen and oxygen atoms in total. The molecule has 0 saturated carbocycles. The van der Waals surface area contributed by atoms with Crippen molar-refractivity contribution in [1.29, 1.82) is 0 Å². The SMILES string of the molecule is CN1CCc2c1ccc(CNO)c2O. The minimum absolute atomic E-state index is 0.281. The molecule has 3 N–H and O–H groups in total. The van der Waals surface area contributed by atoms with E-state index in [2.05, 4.69) is 10.4 Å². The summed E-state index contributed by atoms with van der Waals surface area (Å²) in [6, 6.07) is 3.81. The van der Waals surface area contributed by atoms with Gasteiger partial charge in [0.05, 0.1) is 0 Å². The lowest BCUT2D eigenvalue weighted by Gasteiger charge is -2.13. The van der Waals surface area contributed by atoms with E-state index in [4.69, 9.17) is 5.21 Å². The summed E-state index contributed by atoms with van der Waals surface area (Å²) in [6.45, 7) is 1.22. The van der Waals surface area contributed by atoms with Gasteiger partial charge in [0.25, 0.3) is 0 Å². The quantitative estimate of drug-likeness (QED) is 0.611. The fraction of sp³-hybridized carbons (Fsp3) is 0.400. The predicted octanol–water partition coefficient (Wildman–Crippen LogP) is 0.863. The zero-order valence-electron chi connectivity index (χ0n) is 8.12. The minimum Gasteiger partial charge on any atom is -0.507 e. The molecule has 0 aromatic heterocycles. The Morgan fingerprint density at radius 3 is 3.00 bits per heavy atom. The average Bonchev–Trinajstić information content (AvgIpc) is 2.54. The van der Waals surface area contributed by atoms with Crippen LogP contribution in [0.1, 0.15) is 11.1 Å². The number of anilines is 1. The smallest absolute Gasteiger partial charge is 0.125 e. The predicted molar refractivity (Wildman–Crippen MR) is 53.7 cm³/mol. The maximum atomic E-state index is 9.88. The van der Waals surface area contributed by atoms with Gasteiger partial charge in [-0.2, -0.15) is 0 Å². The number of likely N-dealkylation sites (N-methyl/N-ethyl adjacent to an activating group) is 1. The molecule has 0 spiro atoms. The van der Waals surface area contributed by atoms with Crippen LogP contribution >= 0.6 is 0 Å². The molecular weight excluding hydrogens is 180 g/mol. The molecule has 1 heterocycles. The molecule has 1 aromatic rings. The van der Waals surface area contributed by atoms with Crippen LogP contribution < -0.4 is 10.4 Å². The number of rotatable bonds is 2. The fourth-order valence-electron chi connectivity index (χ4n) is 1.91. The molecule has 0 fully saturated rings. The molecule has 14 heavy (non-hydrogen) atoms. The molecule has 0 radical (unpaired) electrons. The second-order valence-corrected chi connectivity index (χ2v) is 3.58. The van der Waals surface area contributed by atoms with Crippen molar-refractivity contribution in [3.63, 3.8) is 0 Å². The second-order valence-electron chi connectivity index (χ2n) is 3.58. The Morgan fingerprint density at radius 1 is 1.50 bits per heavy atom. The number of phenols is 1. The van der Waals surface area contributed by atoms with E-state index in [1.807, 2.05) is 19.2 Å². The molecule has 1 aliphatic heterocycles. The molecule has 2 rings (SSSR count). The molecule has 0 unspecified atom stereocenters. The molecule has 0 saturated heterocycles. The third-order valence-electron chi connectivity index (χ3n) is 2.72. The Labute approximate surface area is 82.7 Å². The summed E-state index contributed by atoms with van der Waals surface area (Å²) < 4.78 is 0. The zero-order valence-corrected chi connectivity index (χ0v) is 8.12. The Morgan fingerprint density at radius 2 is 2.29 bits per heavy atom. The summed E-state index contributed by atoms with van der Waals surface area (Å²) in [5.41, 5.74) is 4.86. The molecule has 0 bridgehead atoms. The number of hydroxylamine groups is 1. The van der Waals surface area contributed by atoms with Crippen molar-refractivity contribution in [3.05, 3.63) is 23.3 Å². The minimum atomic E-state index is 0.281. The first-order chi connectivity index (χ1) is 6.74. The van der Waals surface area contributed by atoms with Crippen LogP contribution in [0.2, 0.25) is 0 Å². The molecule has 1 aliphatic rings. The molecule has 4 heteroatoms. The van der Waals surface area contributed by atoms with Gasteiger partial charge >= 0.3 is 0 Å². The topological polar surface area (TPSA) is 55.7 Å². The van der Waals surface area contributed by atoms with Gasteiger partial charge in [0.2, 0.25) is 0 Å². The first-order valence-electron chi connectivity index (χ1n) is 4.66. The van der Waals surface area contributed by atoms with Gasteiger partial charge in [-0.1, -0.05) is 6.07 Å². The monoisotopic (exact) mass is 194 g/mol. The van der Waals surface area contributed by atoms with Crippen molar-refractivity contribution in [1.82, 2.24) is 5.48 Å².